The lowest BCUT2D eigenvalue weighted by Crippen LogP contribution is -2.17. The highest BCUT2D eigenvalue weighted by atomic mass is 16.5. The molecular formula is C22H21N3O4. The average Bonchev–Trinajstić information content (AvgIpc) is 3.57. The summed E-state index contributed by atoms with van der Waals surface area (Å²) in [5.41, 5.74) is 2.91. The lowest BCUT2D eigenvalue weighted by Gasteiger charge is -2.26. The molecule has 0 unspecified atom stereocenters. The molecule has 2 aromatic carbocycles. The van der Waals surface area contributed by atoms with Crippen molar-refractivity contribution in [2.24, 2.45) is 0 Å². The summed E-state index contributed by atoms with van der Waals surface area (Å²) in [5, 5.41) is 9.19. The molecule has 7 heteroatoms. The molecule has 1 N–H and O–H groups in total. The van der Waals surface area contributed by atoms with Gasteiger partial charge in [0.25, 0.3) is 0 Å². The molecule has 148 valence electrons. The summed E-state index contributed by atoms with van der Waals surface area (Å²) in [6.45, 7) is 0.516. The quantitative estimate of drug-likeness (QED) is 0.620. The van der Waals surface area contributed by atoms with E-state index in [4.69, 9.17) is 9.47 Å². The monoisotopic (exact) mass is 391 g/mol. The minimum absolute atomic E-state index is 0.240. The topological polar surface area (TPSA) is 84.8 Å². The second-order valence-corrected chi connectivity index (χ2v) is 6.84. The van der Waals surface area contributed by atoms with Crippen molar-refractivity contribution in [2.75, 3.05) is 12.0 Å². The summed E-state index contributed by atoms with van der Waals surface area (Å²) >= 11 is 0. The fourth-order valence-electron chi connectivity index (χ4n) is 3.00. The Bertz CT molecular complexity index is 989. The Kier molecular flexibility index (Phi) is 5.29. The Labute approximate surface area is 168 Å². The summed E-state index contributed by atoms with van der Waals surface area (Å²) in [6, 6.07) is 12.6. The van der Waals surface area contributed by atoms with E-state index in [1.54, 1.807) is 43.8 Å². The summed E-state index contributed by atoms with van der Waals surface area (Å²) < 4.78 is 11.5. The largest absolute Gasteiger partial charge is 0.493 e. The number of anilines is 2. The van der Waals surface area contributed by atoms with Crippen LogP contribution in [-0.4, -0.2) is 34.3 Å². The normalized spacial score (nSPS) is 13.0. The van der Waals surface area contributed by atoms with E-state index in [0.717, 1.165) is 29.8 Å². The van der Waals surface area contributed by atoms with Crippen molar-refractivity contribution in [3.05, 3.63) is 72.3 Å². The second-order valence-electron chi connectivity index (χ2n) is 6.84. The number of aromatic nitrogens is 2. The van der Waals surface area contributed by atoms with Gasteiger partial charge in [0.2, 0.25) is 0 Å². The maximum Gasteiger partial charge on any atom is 0.335 e. The predicted molar refractivity (Wildman–Crippen MR) is 108 cm³/mol. The zero-order valence-corrected chi connectivity index (χ0v) is 16.0. The number of ether oxygens (including phenoxy) is 2. The number of aromatic carboxylic acids is 1. The molecule has 7 nitrogen and oxygen atoms in total. The summed E-state index contributed by atoms with van der Waals surface area (Å²) in [4.78, 5) is 21.5. The lowest BCUT2D eigenvalue weighted by atomic mass is 10.1. The van der Waals surface area contributed by atoms with Crippen LogP contribution in [0.4, 0.5) is 11.4 Å². The van der Waals surface area contributed by atoms with Crippen LogP contribution in [0, 0.1) is 0 Å². The molecule has 1 aliphatic carbocycles. The number of carboxylic acids is 1. The van der Waals surface area contributed by atoms with Crippen molar-refractivity contribution >= 4 is 17.3 Å². The van der Waals surface area contributed by atoms with Gasteiger partial charge < -0.3 is 19.5 Å². The Morgan fingerprint density at radius 3 is 2.38 bits per heavy atom. The third kappa shape index (κ3) is 4.45. The van der Waals surface area contributed by atoms with Gasteiger partial charge in [-0.2, -0.15) is 0 Å². The molecule has 0 bridgehead atoms. The third-order valence-corrected chi connectivity index (χ3v) is 4.66. The number of carboxylic acid groups (broad SMARTS) is 1. The fourth-order valence-corrected chi connectivity index (χ4v) is 3.00. The van der Waals surface area contributed by atoms with E-state index in [0.29, 0.717) is 18.0 Å². The first-order valence-electron chi connectivity index (χ1n) is 9.33. The molecular weight excluding hydrogens is 370 g/mol. The first-order valence-corrected chi connectivity index (χ1v) is 9.33. The van der Waals surface area contributed by atoms with E-state index in [9.17, 15) is 9.90 Å². The zero-order valence-electron chi connectivity index (χ0n) is 16.0. The minimum Gasteiger partial charge on any atom is -0.493 e. The summed E-state index contributed by atoms with van der Waals surface area (Å²) in [6.07, 6.45) is 7.35. The fraction of sp³-hybridized carbons (Fsp3) is 0.227. The number of methoxy groups -OCH3 is 1. The molecule has 0 spiro atoms. The Hall–Kier alpha value is -3.61. The van der Waals surface area contributed by atoms with E-state index < -0.39 is 5.97 Å². The van der Waals surface area contributed by atoms with Crippen LogP contribution in [0.1, 0.15) is 28.8 Å². The molecule has 0 amide bonds. The summed E-state index contributed by atoms with van der Waals surface area (Å²) in [5.74, 6) is 0.429. The van der Waals surface area contributed by atoms with Crippen molar-refractivity contribution in [3.63, 3.8) is 0 Å². The van der Waals surface area contributed by atoms with Gasteiger partial charge in [0.05, 0.1) is 25.3 Å². The predicted octanol–water partition coefficient (Wildman–Crippen LogP) is 4.06. The van der Waals surface area contributed by atoms with Crippen LogP contribution in [0.3, 0.4) is 0 Å². The number of hydrogen-bond donors (Lipinski definition) is 1. The van der Waals surface area contributed by atoms with Crippen LogP contribution < -0.4 is 14.4 Å². The Balaban J connectivity index is 1.72. The third-order valence-electron chi connectivity index (χ3n) is 4.66. The van der Waals surface area contributed by atoms with Gasteiger partial charge in [-0.1, -0.05) is 0 Å². The number of carbonyl (C=O) groups is 1. The van der Waals surface area contributed by atoms with Gasteiger partial charge in [-0.25, -0.2) is 14.8 Å². The standard InChI is InChI=1S/C22H21N3O4/c1-28-20-9-6-18(10-21(20)29-19-7-8-19)25(13-15-11-23-14-24-12-15)17-4-2-16(3-5-17)22(26)27/h2-6,9-12,14,19H,7-8,13H2,1H3,(H,26,27). The van der Waals surface area contributed by atoms with Crippen LogP contribution in [-0.2, 0) is 6.54 Å². The molecule has 1 saturated carbocycles. The van der Waals surface area contributed by atoms with E-state index >= 15 is 0 Å². The molecule has 0 atom stereocenters. The highest BCUT2D eigenvalue weighted by Gasteiger charge is 2.25. The van der Waals surface area contributed by atoms with Crippen molar-refractivity contribution in [1.29, 1.82) is 0 Å². The van der Waals surface area contributed by atoms with Crippen molar-refractivity contribution < 1.29 is 19.4 Å². The van der Waals surface area contributed by atoms with E-state index in [1.807, 2.05) is 18.2 Å². The number of benzene rings is 2. The first-order chi connectivity index (χ1) is 14.1. The van der Waals surface area contributed by atoms with Gasteiger partial charge in [-0.05, 0) is 49.2 Å². The Morgan fingerprint density at radius 2 is 1.76 bits per heavy atom. The molecule has 3 aromatic rings. The average molecular weight is 391 g/mol. The van der Waals surface area contributed by atoms with E-state index in [2.05, 4.69) is 14.9 Å². The van der Waals surface area contributed by atoms with Crippen LogP contribution >= 0.6 is 0 Å². The number of nitrogens with zero attached hydrogens (tertiary/aromatic N) is 3. The van der Waals surface area contributed by atoms with Crippen LogP contribution in [0.2, 0.25) is 0 Å². The molecule has 1 heterocycles. The Morgan fingerprint density at radius 1 is 1.07 bits per heavy atom. The van der Waals surface area contributed by atoms with Gasteiger partial charge in [0.1, 0.15) is 6.33 Å². The van der Waals surface area contributed by atoms with Crippen molar-refractivity contribution in [1.82, 2.24) is 9.97 Å². The maximum atomic E-state index is 11.2. The highest BCUT2D eigenvalue weighted by Crippen LogP contribution is 2.38. The molecule has 0 saturated heterocycles. The molecule has 29 heavy (non-hydrogen) atoms. The van der Waals surface area contributed by atoms with E-state index in [1.165, 1.54) is 6.33 Å². The van der Waals surface area contributed by atoms with Crippen molar-refractivity contribution in [3.8, 4) is 11.5 Å². The lowest BCUT2D eigenvalue weighted by molar-refractivity contribution is 0.0697. The molecule has 0 aliphatic heterocycles. The molecule has 0 radical (unpaired) electrons. The first kappa shape index (κ1) is 18.7. The van der Waals surface area contributed by atoms with Gasteiger partial charge in [0.15, 0.2) is 11.5 Å². The minimum atomic E-state index is -0.955. The zero-order chi connectivity index (χ0) is 20.2. The van der Waals surface area contributed by atoms with Gasteiger partial charge >= 0.3 is 5.97 Å². The SMILES string of the molecule is COc1ccc(N(Cc2cncnc2)c2ccc(C(=O)O)cc2)cc1OC1CC1. The second kappa shape index (κ2) is 8.18. The van der Waals surface area contributed by atoms with E-state index in [-0.39, 0.29) is 11.7 Å². The smallest absolute Gasteiger partial charge is 0.335 e. The maximum absolute atomic E-state index is 11.2. The van der Waals surface area contributed by atoms with Crippen LogP contribution in [0.15, 0.2) is 61.2 Å². The molecule has 1 aromatic heterocycles. The molecule has 4 rings (SSSR count). The van der Waals surface area contributed by atoms with Crippen LogP contribution in [0.5, 0.6) is 11.5 Å². The van der Waals surface area contributed by atoms with Gasteiger partial charge in [0, 0.05) is 35.4 Å². The number of rotatable bonds is 8. The van der Waals surface area contributed by atoms with Gasteiger partial charge in [-0.3, -0.25) is 0 Å². The van der Waals surface area contributed by atoms with Crippen LogP contribution in [0.25, 0.3) is 0 Å². The summed E-state index contributed by atoms with van der Waals surface area (Å²) in [7, 11) is 1.62. The molecule has 1 aliphatic rings. The molecule has 1 fully saturated rings. The number of hydrogen-bond acceptors (Lipinski definition) is 6. The van der Waals surface area contributed by atoms with Gasteiger partial charge in [-0.15, -0.1) is 0 Å². The highest BCUT2D eigenvalue weighted by molar-refractivity contribution is 5.88. The van der Waals surface area contributed by atoms with Crippen molar-refractivity contribution in [2.45, 2.75) is 25.5 Å².